The molecule has 4 N–H and O–H groups in total. The lowest BCUT2D eigenvalue weighted by molar-refractivity contribution is 0.401. The van der Waals surface area contributed by atoms with E-state index in [0.717, 1.165) is 0 Å². The molecule has 0 aliphatic heterocycles. The van der Waals surface area contributed by atoms with Gasteiger partial charge in [-0.2, -0.15) is 0 Å². The van der Waals surface area contributed by atoms with Crippen molar-refractivity contribution in [2.75, 3.05) is 17.2 Å². The van der Waals surface area contributed by atoms with Crippen molar-refractivity contribution < 1.29 is 22.3 Å². The van der Waals surface area contributed by atoms with Gasteiger partial charge in [-0.1, -0.05) is 19.1 Å². The number of para-hydroxylation sites is 1. The SMILES string of the molecule is CCS(=O)(=O)c1ccc(Oc2cc(N)c(N)cc2Oc2ccccc2F)cn1. The Balaban J connectivity index is 1.93. The van der Waals surface area contributed by atoms with Crippen LogP contribution in [0.5, 0.6) is 23.0 Å². The molecule has 7 nitrogen and oxygen atoms in total. The summed E-state index contributed by atoms with van der Waals surface area (Å²) in [6.07, 6.45) is 1.27. The van der Waals surface area contributed by atoms with Gasteiger partial charge in [-0.25, -0.2) is 17.8 Å². The molecule has 0 radical (unpaired) electrons. The van der Waals surface area contributed by atoms with Crippen LogP contribution in [0.25, 0.3) is 0 Å². The molecule has 146 valence electrons. The highest BCUT2D eigenvalue weighted by Crippen LogP contribution is 2.39. The molecule has 0 amide bonds. The van der Waals surface area contributed by atoms with Gasteiger partial charge >= 0.3 is 0 Å². The maximum atomic E-state index is 13.9. The maximum absolute atomic E-state index is 13.9. The number of benzene rings is 2. The van der Waals surface area contributed by atoms with Gasteiger partial charge in [0.25, 0.3) is 0 Å². The molecular weight excluding hydrogens is 385 g/mol. The lowest BCUT2D eigenvalue weighted by Gasteiger charge is -2.14. The molecule has 3 aromatic rings. The number of sulfone groups is 1. The van der Waals surface area contributed by atoms with E-state index in [1.165, 1.54) is 55.6 Å². The number of anilines is 2. The van der Waals surface area contributed by atoms with Crippen LogP contribution in [0.4, 0.5) is 15.8 Å². The number of nitrogen functional groups attached to an aromatic ring is 2. The van der Waals surface area contributed by atoms with E-state index in [9.17, 15) is 12.8 Å². The first-order valence-electron chi connectivity index (χ1n) is 8.28. The summed E-state index contributed by atoms with van der Waals surface area (Å²) in [5, 5.41) is -0.0537. The first kappa shape index (κ1) is 19.4. The normalized spacial score (nSPS) is 11.2. The summed E-state index contributed by atoms with van der Waals surface area (Å²) >= 11 is 0. The zero-order valence-corrected chi connectivity index (χ0v) is 15.7. The van der Waals surface area contributed by atoms with Gasteiger partial charge in [0, 0.05) is 12.1 Å². The predicted molar refractivity (Wildman–Crippen MR) is 104 cm³/mol. The van der Waals surface area contributed by atoms with E-state index in [2.05, 4.69) is 4.98 Å². The van der Waals surface area contributed by atoms with E-state index in [4.69, 9.17) is 20.9 Å². The monoisotopic (exact) mass is 403 g/mol. The number of aromatic nitrogens is 1. The van der Waals surface area contributed by atoms with Crippen molar-refractivity contribution in [2.45, 2.75) is 11.9 Å². The van der Waals surface area contributed by atoms with Crippen molar-refractivity contribution >= 4 is 21.2 Å². The largest absolute Gasteiger partial charge is 0.452 e. The summed E-state index contributed by atoms with van der Waals surface area (Å²) in [5.41, 5.74) is 12.1. The molecule has 0 saturated heterocycles. The highest BCUT2D eigenvalue weighted by atomic mass is 32.2. The molecular formula is C19H18FN3O4S. The number of halogens is 1. The van der Waals surface area contributed by atoms with Crippen molar-refractivity contribution in [1.82, 2.24) is 4.98 Å². The second-order valence-corrected chi connectivity index (χ2v) is 8.02. The van der Waals surface area contributed by atoms with E-state index in [1.807, 2.05) is 0 Å². The molecule has 0 aliphatic carbocycles. The van der Waals surface area contributed by atoms with Gasteiger partial charge in [0.15, 0.2) is 37.9 Å². The molecule has 2 aromatic carbocycles. The highest BCUT2D eigenvalue weighted by molar-refractivity contribution is 7.91. The first-order chi connectivity index (χ1) is 13.3. The van der Waals surface area contributed by atoms with Crippen LogP contribution in [0.15, 0.2) is 59.8 Å². The summed E-state index contributed by atoms with van der Waals surface area (Å²) in [6, 6.07) is 11.5. The minimum atomic E-state index is -3.42. The predicted octanol–water partition coefficient (Wildman–Crippen LogP) is 3.76. The Morgan fingerprint density at radius 1 is 0.964 bits per heavy atom. The summed E-state index contributed by atoms with van der Waals surface area (Å²) in [4.78, 5) is 3.92. The molecule has 0 atom stereocenters. The van der Waals surface area contributed by atoms with Gasteiger partial charge in [0.05, 0.1) is 23.3 Å². The Bertz CT molecular complexity index is 1100. The molecule has 0 fully saturated rings. The third kappa shape index (κ3) is 4.15. The van der Waals surface area contributed by atoms with Crippen LogP contribution in [0, 0.1) is 5.82 Å². The molecule has 28 heavy (non-hydrogen) atoms. The number of rotatable bonds is 6. The lowest BCUT2D eigenvalue weighted by Crippen LogP contribution is -2.05. The molecule has 1 aromatic heterocycles. The lowest BCUT2D eigenvalue weighted by atomic mass is 10.2. The average molecular weight is 403 g/mol. The molecule has 0 unspecified atom stereocenters. The van der Waals surface area contributed by atoms with Gasteiger partial charge in [0.2, 0.25) is 0 Å². The minimum absolute atomic E-state index is 0.0148. The van der Waals surface area contributed by atoms with E-state index >= 15 is 0 Å². The van der Waals surface area contributed by atoms with Crippen molar-refractivity contribution in [1.29, 1.82) is 0 Å². The van der Waals surface area contributed by atoms with Crippen LogP contribution < -0.4 is 20.9 Å². The van der Waals surface area contributed by atoms with Crippen molar-refractivity contribution in [3.05, 3.63) is 60.5 Å². The molecule has 0 aliphatic rings. The molecule has 3 rings (SSSR count). The van der Waals surface area contributed by atoms with Crippen molar-refractivity contribution in [3.63, 3.8) is 0 Å². The third-order valence-electron chi connectivity index (χ3n) is 3.84. The Labute approximate surface area is 161 Å². The van der Waals surface area contributed by atoms with Crippen molar-refractivity contribution in [2.24, 2.45) is 0 Å². The van der Waals surface area contributed by atoms with E-state index in [-0.39, 0.29) is 45.2 Å². The van der Waals surface area contributed by atoms with Crippen molar-refractivity contribution in [3.8, 4) is 23.0 Å². The van der Waals surface area contributed by atoms with E-state index in [1.54, 1.807) is 6.07 Å². The summed E-state index contributed by atoms with van der Waals surface area (Å²) < 4.78 is 48.9. The zero-order valence-electron chi connectivity index (χ0n) is 14.9. The van der Waals surface area contributed by atoms with E-state index < -0.39 is 15.7 Å². The molecule has 9 heteroatoms. The topological polar surface area (TPSA) is 118 Å². The van der Waals surface area contributed by atoms with Crippen LogP contribution in [-0.4, -0.2) is 19.2 Å². The second-order valence-electron chi connectivity index (χ2n) is 5.80. The Morgan fingerprint density at radius 3 is 2.18 bits per heavy atom. The number of hydrogen-bond acceptors (Lipinski definition) is 7. The first-order valence-corrected chi connectivity index (χ1v) is 9.93. The Hall–Kier alpha value is -3.33. The fourth-order valence-corrected chi connectivity index (χ4v) is 3.07. The number of ether oxygens (including phenoxy) is 2. The standard InChI is InChI=1S/C19H18FN3O4S/c1-2-28(24,25)19-8-7-12(11-23-19)26-17-9-14(21)15(22)10-18(17)27-16-6-4-3-5-13(16)20/h3-11H,2,21-22H2,1H3. The molecule has 0 bridgehead atoms. The summed E-state index contributed by atoms with van der Waals surface area (Å²) in [5.74, 6) is -0.0730. The maximum Gasteiger partial charge on any atom is 0.195 e. The zero-order chi connectivity index (χ0) is 20.3. The Morgan fingerprint density at radius 2 is 1.61 bits per heavy atom. The van der Waals surface area contributed by atoms with Gasteiger partial charge in [-0.15, -0.1) is 0 Å². The summed E-state index contributed by atoms with van der Waals surface area (Å²) in [6.45, 7) is 1.53. The van der Waals surface area contributed by atoms with Gasteiger partial charge in [-0.05, 0) is 24.3 Å². The number of nitrogens with two attached hydrogens (primary N) is 2. The second kappa shape index (κ2) is 7.73. The van der Waals surface area contributed by atoms with Crippen LogP contribution in [0.3, 0.4) is 0 Å². The van der Waals surface area contributed by atoms with E-state index in [0.29, 0.717) is 0 Å². The molecule has 0 saturated carbocycles. The number of pyridine rings is 1. The third-order valence-corrected chi connectivity index (χ3v) is 5.48. The Kier molecular flexibility index (Phi) is 5.36. The van der Waals surface area contributed by atoms with Gasteiger partial charge < -0.3 is 20.9 Å². The van der Waals surface area contributed by atoms with Gasteiger partial charge in [0.1, 0.15) is 5.75 Å². The van der Waals surface area contributed by atoms with Gasteiger partial charge in [-0.3, -0.25) is 0 Å². The number of hydrogen-bond donors (Lipinski definition) is 2. The number of nitrogens with zero attached hydrogens (tertiary/aromatic N) is 1. The summed E-state index contributed by atoms with van der Waals surface area (Å²) in [7, 11) is -3.42. The average Bonchev–Trinajstić information content (AvgIpc) is 2.68. The highest BCUT2D eigenvalue weighted by Gasteiger charge is 2.16. The quantitative estimate of drug-likeness (QED) is 0.602. The molecule has 0 spiro atoms. The fraction of sp³-hybridized carbons (Fsp3) is 0.105. The van der Waals surface area contributed by atoms with Crippen LogP contribution >= 0.6 is 0 Å². The smallest absolute Gasteiger partial charge is 0.195 e. The molecule has 1 heterocycles. The van der Waals surface area contributed by atoms with Crippen LogP contribution in [0.1, 0.15) is 6.92 Å². The van der Waals surface area contributed by atoms with Crippen LogP contribution in [-0.2, 0) is 9.84 Å². The van der Waals surface area contributed by atoms with Crippen LogP contribution in [0.2, 0.25) is 0 Å². The fourth-order valence-electron chi connectivity index (χ4n) is 2.28. The minimum Gasteiger partial charge on any atom is -0.452 e.